The van der Waals surface area contributed by atoms with Crippen LogP contribution in [0.3, 0.4) is 0 Å². The average molecular weight is 275 g/mol. The molecule has 0 unspecified atom stereocenters. The predicted octanol–water partition coefficient (Wildman–Crippen LogP) is 3.56. The second-order valence-electron chi connectivity index (χ2n) is 5.57. The molecular formula is C12H26O3Si2. The molecule has 0 saturated heterocycles. The van der Waals surface area contributed by atoms with E-state index in [0.29, 0.717) is 13.2 Å². The molecule has 100 valence electrons. The molecule has 4 radical (unpaired) electrons. The van der Waals surface area contributed by atoms with E-state index in [1.807, 2.05) is 0 Å². The van der Waals surface area contributed by atoms with Crippen LogP contribution in [0.15, 0.2) is 0 Å². The van der Waals surface area contributed by atoms with Crippen LogP contribution in [0, 0.1) is 14.2 Å². The van der Waals surface area contributed by atoms with Gasteiger partial charge in [-0.05, 0) is 51.1 Å². The minimum absolute atomic E-state index is 0.614. The molecule has 0 bridgehead atoms. The molecule has 0 spiro atoms. The molecule has 0 aromatic carbocycles. The van der Waals surface area contributed by atoms with E-state index in [0.717, 1.165) is 24.9 Å². The number of hydrogen-bond donors (Lipinski definition) is 0. The van der Waals surface area contributed by atoms with E-state index < -0.39 is 16.6 Å². The summed E-state index contributed by atoms with van der Waals surface area (Å²) in [7, 11) is 6.88. The maximum Gasteiger partial charge on any atom is 0.173 e. The van der Waals surface area contributed by atoms with Crippen LogP contribution in [0.25, 0.3) is 0 Å². The Kier molecular flexibility index (Phi) is 8.58. The van der Waals surface area contributed by atoms with Gasteiger partial charge in [-0.15, -0.1) is 0 Å². The number of ether oxygens (including phenoxy) is 2. The topological polar surface area (TPSA) is 27.7 Å². The van der Waals surface area contributed by atoms with Crippen LogP contribution >= 0.6 is 0 Å². The van der Waals surface area contributed by atoms with Crippen molar-refractivity contribution in [2.24, 2.45) is 0 Å². The third-order valence-corrected chi connectivity index (χ3v) is 10.2. The lowest BCUT2D eigenvalue weighted by Gasteiger charge is -2.34. The van der Waals surface area contributed by atoms with Gasteiger partial charge in [0.25, 0.3) is 0 Å². The van der Waals surface area contributed by atoms with Gasteiger partial charge >= 0.3 is 0 Å². The van der Waals surface area contributed by atoms with Gasteiger partial charge in [0.15, 0.2) is 16.6 Å². The summed E-state index contributed by atoms with van der Waals surface area (Å²) >= 11 is 0. The third-order valence-electron chi connectivity index (χ3n) is 2.63. The van der Waals surface area contributed by atoms with E-state index in [1.54, 1.807) is 0 Å². The third kappa shape index (κ3) is 9.97. The summed E-state index contributed by atoms with van der Waals surface area (Å²) in [5, 5.41) is 0. The summed E-state index contributed by atoms with van der Waals surface area (Å²) in [5.74, 6) is 0. The van der Waals surface area contributed by atoms with Crippen molar-refractivity contribution < 1.29 is 13.6 Å². The fourth-order valence-electron chi connectivity index (χ4n) is 2.01. The highest BCUT2D eigenvalue weighted by Gasteiger charge is 2.32. The standard InChI is InChI=1S/C12H26O3Si2/c1-13-9-7-11-16(3,4)15-17(5,6)12-8-10-14-2/h1-2H,7-12H2,3-6H3. The smallest absolute Gasteiger partial charge is 0.173 e. The highest BCUT2D eigenvalue weighted by atomic mass is 28.4. The molecule has 0 amide bonds. The maximum atomic E-state index is 6.40. The Hall–Kier alpha value is 0.314. The zero-order valence-corrected chi connectivity index (χ0v) is 13.6. The van der Waals surface area contributed by atoms with Gasteiger partial charge in [-0.25, -0.2) is 0 Å². The van der Waals surface area contributed by atoms with Gasteiger partial charge in [0, 0.05) is 13.2 Å². The van der Waals surface area contributed by atoms with E-state index in [-0.39, 0.29) is 0 Å². The number of rotatable bonds is 10. The van der Waals surface area contributed by atoms with Crippen LogP contribution in [0.5, 0.6) is 0 Å². The summed E-state index contributed by atoms with van der Waals surface area (Å²) in [6.07, 6.45) is 1.96. The second kappa shape index (κ2) is 8.42. The molecule has 0 aromatic rings. The Bertz CT molecular complexity index is 176. The van der Waals surface area contributed by atoms with Crippen LogP contribution < -0.4 is 0 Å². The Morgan fingerprint density at radius 2 is 1.12 bits per heavy atom. The largest absolute Gasteiger partial charge is 0.455 e. The van der Waals surface area contributed by atoms with Crippen molar-refractivity contribution in [2.45, 2.75) is 51.1 Å². The van der Waals surface area contributed by atoms with E-state index in [1.165, 1.54) is 0 Å². The SMILES string of the molecule is [CH]OCCC[Si](C)(C)O[Si](C)(C)CCCO[CH]. The quantitative estimate of drug-likeness (QED) is 0.450. The molecule has 0 aliphatic heterocycles. The van der Waals surface area contributed by atoms with Gasteiger partial charge in [0.05, 0.1) is 0 Å². The highest BCUT2D eigenvalue weighted by Crippen LogP contribution is 2.23. The molecular weight excluding hydrogens is 248 g/mol. The molecule has 0 aromatic heterocycles. The van der Waals surface area contributed by atoms with Crippen molar-refractivity contribution >= 4 is 16.6 Å². The molecule has 17 heavy (non-hydrogen) atoms. The molecule has 0 N–H and O–H groups in total. The van der Waals surface area contributed by atoms with Gasteiger partial charge in [0.2, 0.25) is 0 Å². The molecule has 3 nitrogen and oxygen atoms in total. The highest BCUT2D eigenvalue weighted by molar-refractivity contribution is 6.84. The van der Waals surface area contributed by atoms with Crippen molar-refractivity contribution in [2.75, 3.05) is 13.2 Å². The van der Waals surface area contributed by atoms with E-state index in [4.69, 9.17) is 18.3 Å². The lowest BCUT2D eigenvalue weighted by Crippen LogP contribution is -2.44. The fourth-order valence-corrected chi connectivity index (χ4v) is 10.8. The first-order chi connectivity index (χ1) is 7.83. The van der Waals surface area contributed by atoms with E-state index >= 15 is 0 Å². The number of hydrogen-bond acceptors (Lipinski definition) is 3. The first kappa shape index (κ1) is 17.3. The normalized spacial score (nSPS) is 13.1. The van der Waals surface area contributed by atoms with Gasteiger partial charge in [-0.1, -0.05) is 0 Å². The van der Waals surface area contributed by atoms with E-state index in [2.05, 4.69) is 35.7 Å². The summed E-state index contributed by atoms with van der Waals surface area (Å²) in [6, 6.07) is 2.18. The lowest BCUT2D eigenvalue weighted by molar-refractivity contribution is 0.240. The van der Waals surface area contributed by atoms with Crippen molar-refractivity contribution in [1.82, 2.24) is 0 Å². The van der Waals surface area contributed by atoms with E-state index in [9.17, 15) is 0 Å². The summed E-state index contributed by atoms with van der Waals surface area (Å²) in [6.45, 7) is 10.3. The predicted molar refractivity (Wildman–Crippen MR) is 75.4 cm³/mol. The summed E-state index contributed by atoms with van der Waals surface area (Å²) in [5.41, 5.74) is 0. The Morgan fingerprint density at radius 1 is 0.765 bits per heavy atom. The maximum absolute atomic E-state index is 6.40. The van der Waals surface area contributed by atoms with Gasteiger partial charge in [0.1, 0.15) is 14.2 Å². The van der Waals surface area contributed by atoms with Crippen LogP contribution in [-0.4, -0.2) is 29.8 Å². The van der Waals surface area contributed by atoms with Crippen molar-refractivity contribution in [3.63, 3.8) is 0 Å². The second-order valence-corrected chi connectivity index (χ2v) is 14.4. The lowest BCUT2D eigenvalue weighted by atomic mass is 10.5. The average Bonchev–Trinajstić information content (AvgIpc) is 2.16. The molecule has 0 aliphatic rings. The first-order valence-electron chi connectivity index (χ1n) is 6.16. The zero-order chi connectivity index (χ0) is 13.4. The van der Waals surface area contributed by atoms with Crippen molar-refractivity contribution in [3.8, 4) is 0 Å². The molecule has 0 fully saturated rings. The van der Waals surface area contributed by atoms with Crippen LogP contribution in [0.2, 0.25) is 38.3 Å². The van der Waals surface area contributed by atoms with Crippen LogP contribution in [0.4, 0.5) is 0 Å². The minimum Gasteiger partial charge on any atom is -0.455 e. The molecule has 0 atom stereocenters. The van der Waals surface area contributed by atoms with Crippen LogP contribution in [-0.2, 0) is 13.6 Å². The monoisotopic (exact) mass is 274 g/mol. The first-order valence-corrected chi connectivity index (χ1v) is 12.4. The Balaban J connectivity index is 3.99. The fraction of sp³-hybridized carbons (Fsp3) is 0.833. The minimum atomic E-state index is -1.58. The summed E-state index contributed by atoms with van der Waals surface area (Å²) < 4.78 is 15.6. The zero-order valence-electron chi connectivity index (χ0n) is 11.6. The molecule has 0 heterocycles. The molecule has 0 saturated carbocycles. The Labute approximate surface area is 109 Å². The molecule has 0 aliphatic carbocycles. The van der Waals surface area contributed by atoms with Gasteiger partial charge in [-0.2, -0.15) is 0 Å². The van der Waals surface area contributed by atoms with Gasteiger partial charge in [-0.3, -0.25) is 0 Å². The Morgan fingerprint density at radius 3 is 1.41 bits per heavy atom. The van der Waals surface area contributed by atoms with Crippen molar-refractivity contribution in [3.05, 3.63) is 14.2 Å². The van der Waals surface area contributed by atoms with Crippen molar-refractivity contribution in [1.29, 1.82) is 0 Å². The molecule has 5 heteroatoms. The summed E-state index contributed by atoms with van der Waals surface area (Å²) in [4.78, 5) is 0. The molecule has 0 rings (SSSR count). The van der Waals surface area contributed by atoms with Crippen LogP contribution in [0.1, 0.15) is 12.8 Å². The van der Waals surface area contributed by atoms with Gasteiger partial charge < -0.3 is 13.6 Å².